The summed E-state index contributed by atoms with van der Waals surface area (Å²) >= 11 is 0. The van der Waals surface area contributed by atoms with E-state index in [-0.39, 0.29) is 44.0 Å². The molecule has 0 N–H and O–H groups in total. The molecule has 0 saturated carbocycles. The van der Waals surface area contributed by atoms with Crippen molar-refractivity contribution < 1.29 is 28.6 Å². The predicted octanol–water partition coefficient (Wildman–Crippen LogP) is 17.4. The molecule has 6 nitrogen and oxygen atoms in total. The van der Waals surface area contributed by atoms with Gasteiger partial charge in [0, 0.05) is 19.3 Å². The molecule has 67 heavy (non-hydrogen) atoms. The van der Waals surface area contributed by atoms with Crippen molar-refractivity contribution in [2.45, 2.75) is 194 Å². The summed E-state index contributed by atoms with van der Waals surface area (Å²) < 4.78 is 16.7. The lowest BCUT2D eigenvalue weighted by atomic mass is 10.1. The Hall–Kier alpha value is -4.97. The molecular formula is C61H92O6. The van der Waals surface area contributed by atoms with Gasteiger partial charge in [0.1, 0.15) is 13.2 Å². The first-order chi connectivity index (χ1) is 33.0. The van der Waals surface area contributed by atoms with Crippen molar-refractivity contribution in [1.82, 2.24) is 0 Å². The molecule has 0 aliphatic carbocycles. The zero-order valence-electron chi connectivity index (χ0n) is 42.3. The number of esters is 3. The summed E-state index contributed by atoms with van der Waals surface area (Å²) in [7, 11) is 0. The molecule has 0 aliphatic heterocycles. The van der Waals surface area contributed by atoms with Gasteiger partial charge in [-0.3, -0.25) is 14.4 Å². The molecule has 0 bridgehead atoms. The molecule has 6 heteroatoms. The average molecular weight is 921 g/mol. The molecule has 1 unspecified atom stereocenters. The number of ether oxygens (including phenoxy) is 3. The van der Waals surface area contributed by atoms with Gasteiger partial charge in [0.2, 0.25) is 0 Å². The molecular weight excluding hydrogens is 829 g/mol. The fraction of sp³-hybridized carbons (Fsp3) is 0.525. The van der Waals surface area contributed by atoms with E-state index in [1.165, 1.54) is 44.9 Å². The van der Waals surface area contributed by atoms with Crippen LogP contribution < -0.4 is 0 Å². The molecule has 0 aromatic heterocycles. The van der Waals surface area contributed by atoms with Crippen molar-refractivity contribution in [1.29, 1.82) is 0 Å². The molecule has 0 aromatic carbocycles. The number of hydrogen-bond donors (Lipinski definition) is 0. The van der Waals surface area contributed by atoms with Crippen LogP contribution in [0.25, 0.3) is 0 Å². The van der Waals surface area contributed by atoms with Gasteiger partial charge in [-0.2, -0.15) is 0 Å². The second kappa shape index (κ2) is 53.6. The third-order valence-corrected chi connectivity index (χ3v) is 10.3. The maximum Gasteiger partial charge on any atom is 0.306 e. The number of carbonyl (C=O) groups is 3. The summed E-state index contributed by atoms with van der Waals surface area (Å²) in [6.07, 6.45) is 78.0. The third-order valence-electron chi connectivity index (χ3n) is 10.3. The van der Waals surface area contributed by atoms with Crippen molar-refractivity contribution >= 4 is 17.9 Å². The Morgan fingerprint density at radius 3 is 1.10 bits per heavy atom. The number of unbranched alkanes of at least 4 members (excludes halogenated alkanes) is 15. The second-order valence-corrected chi connectivity index (χ2v) is 16.6. The van der Waals surface area contributed by atoms with Gasteiger partial charge in [0.05, 0.1) is 0 Å². The maximum absolute atomic E-state index is 12.8. The Morgan fingerprint density at radius 1 is 0.328 bits per heavy atom. The number of allylic oxidation sites excluding steroid dienone is 26. The minimum absolute atomic E-state index is 0.132. The maximum atomic E-state index is 12.8. The zero-order valence-corrected chi connectivity index (χ0v) is 42.3. The van der Waals surface area contributed by atoms with Crippen LogP contribution in [0.15, 0.2) is 158 Å². The van der Waals surface area contributed by atoms with Gasteiger partial charge in [0.25, 0.3) is 0 Å². The Kier molecular flexibility index (Phi) is 49.7. The quantitative estimate of drug-likeness (QED) is 0.0199. The minimum Gasteiger partial charge on any atom is -0.462 e. The van der Waals surface area contributed by atoms with E-state index in [2.05, 4.69) is 99.8 Å². The van der Waals surface area contributed by atoms with Crippen LogP contribution in [0.5, 0.6) is 0 Å². The summed E-state index contributed by atoms with van der Waals surface area (Å²) in [6.45, 7) is 6.22. The summed E-state index contributed by atoms with van der Waals surface area (Å²) in [6, 6.07) is 0. The van der Waals surface area contributed by atoms with Crippen LogP contribution >= 0.6 is 0 Å². The Labute approximate surface area is 409 Å². The number of carbonyl (C=O) groups excluding carboxylic acids is 3. The van der Waals surface area contributed by atoms with Crippen LogP contribution in [0.2, 0.25) is 0 Å². The predicted molar refractivity (Wildman–Crippen MR) is 288 cm³/mol. The summed E-state index contributed by atoms with van der Waals surface area (Å²) in [5.74, 6) is -1.06. The van der Waals surface area contributed by atoms with Gasteiger partial charge in [-0.1, -0.05) is 237 Å². The summed E-state index contributed by atoms with van der Waals surface area (Å²) in [4.78, 5) is 38.0. The van der Waals surface area contributed by atoms with Crippen molar-refractivity contribution in [2.24, 2.45) is 0 Å². The normalized spacial score (nSPS) is 13.4. The zero-order chi connectivity index (χ0) is 48.6. The molecule has 0 aromatic rings. The van der Waals surface area contributed by atoms with Crippen molar-refractivity contribution in [3.8, 4) is 0 Å². The van der Waals surface area contributed by atoms with E-state index in [1.54, 1.807) is 0 Å². The Morgan fingerprint density at radius 2 is 0.657 bits per heavy atom. The van der Waals surface area contributed by atoms with E-state index in [0.29, 0.717) is 19.3 Å². The SMILES string of the molecule is CC/C=C/C=C/C=C/C=C/C=C/C=C/C=C/CCCCCC(=O)OCC(COC(=O)CCCCCCC/C=C/C=C/C=C/CC)OC(=O)CCC/C=C/C/C=C/C/C=C/CCCCCCCC. The standard InChI is InChI=1S/C61H92O6/c1-4-7-10-13-16-19-22-25-27-29-30-32-33-36-39-42-45-48-51-54-60(63)66-57-58(56-65-59(62)53-50-47-44-41-38-35-24-21-18-15-12-9-6-3)67-61(64)55-52-49-46-43-40-37-34-31-28-26-23-20-17-14-11-8-5-2/h7,9-10,12-13,15-16,18-19,21-22,24-30,32-34,36-37,39,43,46,58H,4-6,8,11,14,17,20,23,31,35,38,40-42,44-45,47-57H2,1-3H3/b10-7+,12-9+,16-13+,18-15+,22-19+,24-21+,27-25+,28-26+,30-29+,33-32+,37-34+,39-36+,46-43+. The lowest BCUT2D eigenvalue weighted by Crippen LogP contribution is -2.30. The van der Waals surface area contributed by atoms with Gasteiger partial charge in [-0.15, -0.1) is 0 Å². The van der Waals surface area contributed by atoms with E-state index >= 15 is 0 Å². The average Bonchev–Trinajstić information content (AvgIpc) is 3.33. The lowest BCUT2D eigenvalue weighted by molar-refractivity contribution is -0.167. The monoisotopic (exact) mass is 921 g/mol. The molecule has 372 valence electrons. The molecule has 0 amide bonds. The van der Waals surface area contributed by atoms with Crippen LogP contribution in [0.4, 0.5) is 0 Å². The first kappa shape index (κ1) is 62.0. The molecule has 0 radical (unpaired) electrons. The van der Waals surface area contributed by atoms with Crippen LogP contribution in [-0.2, 0) is 28.6 Å². The Balaban J connectivity index is 4.63. The van der Waals surface area contributed by atoms with Crippen LogP contribution in [0, 0.1) is 0 Å². The first-order valence-corrected chi connectivity index (χ1v) is 26.1. The highest BCUT2D eigenvalue weighted by Gasteiger charge is 2.19. The molecule has 1 atom stereocenters. The van der Waals surface area contributed by atoms with E-state index in [0.717, 1.165) is 89.9 Å². The largest absolute Gasteiger partial charge is 0.462 e. The summed E-state index contributed by atoms with van der Waals surface area (Å²) in [5.41, 5.74) is 0. The van der Waals surface area contributed by atoms with E-state index in [1.807, 2.05) is 79.0 Å². The van der Waals surface area contributed by atoms with Gasteiger partial charge in [0.15, 0.2) is 6.10 Å². The first-order valence-electron chi connectivity index (χ1n) is 26.1. The van der Waals surface area contributed by atoms with Crippen LogP contribution in [-0.4, -0.2) is 37.2 Å². The minimum atomic E-state index is -0.840. The highest BCUT2D eigenvalue weighted by Crippen LogP contribution is 2.12. The molecule has 0 saturated heterocycles. The second-order valence-electron chi connectivity index (χ2n) is 16.6. The van der Waals surface area contributed by atoms with Crippen molar-refractivity contribution in [2.75, 3.05) is 13.2 Å². The molecule has 0 aliphatic rings. The van der Waals surface area contributed by atoms with E-state index in [9.17, 15) is 14.4 Å². The molecule has 0 spiro atoms. The van der Waals surface area contributed by atoms with Gasteiger partial charge in [-0.25, -0.2) is 0 Å². The Bertz CT molecular complexity index is 1570. The smallest absolute Gasteiger partial charge is 0.306 e. The van der Waals surface area contributed by atoms with Gasteiger partial charge in [-0.05, 0) is 89.9 Å². The fourth-order valence-corrected chi connectivity index (χ4v) is 6.38. The van der Waals surface area contributed by atoms with Crippen molar-refractivity contribution in [3.63, 3.8) is 0 Å². The topological polar surface area (TPSA) is 78.9 Å². The molecule has 0 rings (SSSR count). The van der Waals surface area contributed by atoms with Crippen molar-refractivity contribution in [3.05, 3.63) is 158 Å². The molecule has 0 heterocycles. The third kappa shape index (κ3) is 51.9. The van der Waals surface area contributed by atoms with Gasteiger partial charge >= 0.3 is 17.9 Å². The number of rotatable bonds is 44. The summed E-state index contributed by atoms with van der Waals surface area (Å²) in [5, 5.41) is 0. The number of hydrogen-bond acceptors (Lipinski definition) is 6. The van der Waals surface area contributed by atoms with Crippen LogP contribution in [0.1, 0.15) is 188 Å². The fourth-order valence-electron chi connectivity index (χ4n) is 6.38. The molecule has 0 fully saturated rings. The van der Waals surface area contributed by atoms with E-state index < -0.39 is 6.10 Å². The van der Waals surface area contributed by atoms with Gasteiger partial charge < -0.3 is 14.2 Å². The highest BCUT2D eigenvalue weighted by atomic mass is 16.6. The lowest BCUT2D eigenvalue weighted by Gasteiger charge is -2.18. The van der Waals surface area contributed by atoms with Crippen LogP contribution in [0.3, 0.4) is 0 Å². The highest BCUT2D eigenvalue weighted by molar-refractivity contribution is 5.71. The van der Waals surface area contributed by atoms with E-state index in [4.69, 9.17) is 14.2 Å².